The van der Waals surface area contributed by atoms with Gasteiger partial charge in [-0.3, -0.25) is 9.78 Å². The molecule has 3 aromatic rings. The van der Waals surface area contributed by atoms with Crippen molar-refractivity contribution in [1.29, 1.82) is 0 Å². The summed E-state index contributed by atoms with van der Waals surface area (Å²) >= 11 is 1.50. The third kappa shape index (κ3) is 2.69. The quantitative estimate of drug-likeness (QED) is 0.505. The van der Waals surface area contributed by atoms with E-state index in [9.17, 15) is 4.79 Å². The number of carbonyl (C=O) groups excluding carboxylic acids is 1. The van der Waals surface area contributed by atoms with Gasteiger partial charge in [0.05, 0.1) is 17.6 Å². The molecule has 2 aromatic heterocycles. The molecule has 21 heavy (non-hydrogen) atoms. The molecule has 2 heterocycles. The number of hydrogen-bond acceptors (Lipinski definition) is 6. The second-order valence-corrected chi connectivity index (χ2v) is 5.33. The molecule has 0 radical (unpaired) electrons. The summed E-state index contributed by atoms with van der Waals surface area (Å²) in [5.74, 6) is 5.82. The van der Waals surface area contributed by atoms with Gasteiger partial charge in [0.25, 0.3) is 5.91 Å². The molecule has 0 bridgehead atoms. The number of nitrogens with two attached hydrogens (primary N) is 1. The van der Waals surface area contributed by atoms with Gasteiger partial charge in [0, 0.05) is 22.7 Å². The van der Waals surface area contributed by atoms with Crippen molar-refractivity contribution in [3.63, 3.8) is 0 Å². The Morgan fingerprint density at radius 3 is 2.76 bits per heavy atom. The third-order valence-electron chi connectivity index (χ3n) is 3.08. The first kappa shape index (κ1) is 13.5. The second kappa shape index (κ2) is 5.86. The van der Waals surface area contributed by atoms with Gasteiger partial charge in [-0.1, -0.05) is 24.3 Å². The molecule has 0 spiro atoms. The lowest BCUT2D eigenvalue weighted by Gasteiger charge is -2.09. The Bertz CT molecular complexity index is 772. The smallest absolute Gasteiger partial charge is 0.253 e. The predicted octanol–water partition coefficient (Wildman–Crippen LogP) is 1.91. The van der Waals surface area contributed by atoms with Crippen LogP contribution in [0.1, 0.15) is 15.2 Å². The summed E-state index contributed by atoms with van der Waals surface area (Å²) in [7, 11) is 0. The number of fused-ring (bicyclic) bond motifs is 1. The van der Waals surface area contributed by atoms with Crippen molar-refractivity contribution in [2.24, 2.45) is 5.84 Å². The first-order chi connectivity index (χ1) is 10.3. The molecule has 0 aliphatic rings. The van der Waals surface area contributed by atoms with Gasteiger partial charge in [-0.15, -0.1) is 11.3 Å². The van der Waals surface area contributed by atoms with Crippen molar-refractivity contribution in [3.05, 3.63) is 52.6 Å². The van der Waals surface area contributed by atoms with Crippen LogP contribution in [0.3, 0.4) is 0 Å². The van der Waals surface area contributed by atoms with Crippen molar-refractivity contribution in [3.8, 4) is 0 Å². The van der Waals surface area contributed by atoms with Crippen LogP contribution in [0.25, 0.3) is 10.8 Å². The van der Waals surface area contributed by atoms with Gasteiger partial charge >= 0.3 is 0 Å². The normalized spacial score (nSPS) is 10.5. The zero-order valence-corrected chi connectivity index (χ0v) is 11.9. The lowest BCUT2D eigenvalue weighted by molar-refractivity contribution is 0.0952. The van der Waals surface area contributed by atoms with Crippen molar-refractivity contribution < 1.29 is 4.79 Å². The molecular weight excluding hydrogens is 286 g/mol. The van der Waals surface area contributed by atoms with Crippen LogP contribution < -0.4 is 16.6 Å². The maximum atomic E-state index is 12.3. The lowest BCUT2D eigenvalue weighted by Crippen LogP contribution is -2.23. The maximum Gasteiger partial charge on any atom is 0.253 e. The molecule has 0 unspecified atom stereocenters. The van der Waals surface area contributed by atoms with Crippen LogP contribution in [0.15, 0.2) is 42.2 Å². The molecule has 7 heteroatoms. The molecular formula is C14H13N5OS. The number of hydrogen-bond donors (Lipinski definition) is 3. The minimum absolute atomic E-state index is 0.171. The molecule has 3 rings (SSSR count). The van der Waals surface area contributed by atoms with Gasteiger partial charge in [0.1, 0.15) is 5.82 Å². The Morgan fingerprint density at radius 1 is 1.24 bits per heavy atom. The van der Waals surface area contributed by atoms with E-state index >= 15 is 0 Å². The molecule has 0 saturated carbocycles. The number of carbonyl (C=O) groups is 1. The van der Waals surface area contributed by atoms with Gasteiger partial charge in [-0.25, -0.2) is 10.8 Å². The van der Waals surface area contributed by atoms with E-state index in [1.165, 1.54) is 17.5 Å². The summed E-state index contributed by atoms with van der Waals surface area (Å²) in [6.07, 6.45) is 3.27. The van der Waals surface area contributed by atoms with E-state index in [0.717, 1.165) is 15.6 Å². The van der Waals surface area contributed by atoms with Crippen LogP contribution >= 0.6 is 11.3 Å². The monoisotopic (exact) mass is 299 g/mol. The number of hydrazine groups is 1. The van der Waals surface area contributed by atoms with Crippen LogP contribution in [-0.4, -0.2) is 15.9 Å². The first-order valence-electron chi connectivity index (χ1n) is 6.29. The van der Waals surface area contributed by atoms with Gasteiger partial charge in [0.15, 0.2) is 0 Å². The molecule has 0 aliphatic carbocycles. The molecule has 4 N–H and O–H groups in total. The molecule has 0 saturated heterocycles. The Kier molecular flexibility index (Phi) is 3.76. The van der Waals surface area contributed by atoms with Gasteiger partial charge in [-0.05, 0) is 5.39 Å². The van der Waals surface area contributed by atoms with Crippen LogP contribution in [-0.2, 0) is 6.54 Å². The standard InChI is InChI=1S/C14H13N5OS/c15-19-13-11-4-2-1-3-10(11)12(7-17-13)14(20)18-6-9-5-16-8-21-9/h1-5,7-8H,6,15H2,(H,17,19)(H,18,20). The van der Waals surface area contributed by atoms with Gasteiger partial charge in [-0.2, -0.15) is 0 Å². The number of pyridine rings is 1. The van der Waals surface area contributed by atoms with Crippen molar-refractivity contribution in [1.82, 2.24) is 15.3 Å². The Balaban J connectivity index is 1.91. The molecule has 0 aliphatic heterocycles. The summed E-state index contributed by atoms with van der Waals surface area (Å²) in [5.41, 5.74) is 4.80. The SMILES string of the molecule is NNc1ncc(C(=O)NCc2cncs2)c2ccccc12. The van der Waals surface area contributed by atoms with E-state index in [2.05, 4.69) is 20.7 Å². The average molecular weight is 299 g/mol. The van der Waals surface area contributed by atoms with Gasteiger partial charge < -0.3 is 10.7 Å². The largest absolute Gasteiger partial charge is 0.347 e. The number of amides is 1. The highest BCUT2D eigenvalue weighted by Gasteiger charge is 2.13. The minimum atomic E-state index is -0.171. The summed E-state index contributed by atoms with van der Waals surface area (Å²) < 4.78 is 0. The van der Waals surface area contributed by atoms with Crippen molar-refractivity contribution in [2.45, 2.75) is 6.54 Å². The molecule has 1 amide bonds. The minimum Gasteiger partial charge on any atom is -0.347 e. The molecule has 1 aromatic carbocycles. The van der Waals surface area contributed by atoms with Crippen molar-refractivity contribution in [2.75, 3.05) is 5.43 Å². The fourth-order valence-electron chi connectivity index (χ4n) is 2.08. The number of thiazole rings is 1. The molecule has 0 fully saturated rings. The summed E-state index contributed by atoms with van der Waals surface area (Å²) in [6, 6.07) is 7.50. The first-order valence-corrected chi connectivity index (χ1v) is 7.17. The van der Waals surface area contributed by atoms with E-state index in [1.54, 1.807) is 11.7 Å². The summed E-state index contributed by atoms with van der Waals surface area (Å²) in [6.45, 7) is 0.453. The van der Waals surface area contributed by atoms with E-state index < -0.39 is 0 Å². The number of rotatable bonds is 4. The maximum absolute atomic E-state index is 12.3. The zero-order valence-electron chi connectivity index (χ0n) is 11.0. The van der Waals surface area contributed by atoms with E-state index in [4.69, 9.17) is 5.84 Å². The van der Waals surface area contributed by atoms with E-state index in [0.29, 0.717) is 17.9 Å². The number of aromatic nitrogens is 2. The van der Waals surface area contributed by atoms with Crippen LogP contribution in [0.5, 0.6) is 0 Å². The van der Waals surface area contributed by atoms with E-state index in [1.807, 2.05) is 24.3 Å². The highest BCUT2D eigenvalue weighted by Crippen LogP contribution is 2.23. The van der Waals surface area contributed by atoms with Gasteiger partial charge in [0.2, 0.25) is 0 Å². The Morgan fingerprint density at radius 2 is 2.05 bits per heavy atom. The number of nitrogen functional groups attached to an aromatic ring is 1. The zero-order chi connectivity index (χ0) is 14.7. The highest BCUT2D eigenvalue weighted by molar-refractivity contribution is 7.09. The molecule has 106 valence electrons. The Labute approximate surface area is 125 Å². The fraction of sp³-hybridized carbons (Fsp3) is 0.0714. The lowest BCUT2D eigenvalue weighted by atomic mass is 10.1. The van der Waals surface area contributed by atoms with Crippen LogP contribution in [0, 0.1) is 0 Å². The van der Waals surface area contributed by atoms with Crippen LogP contribution in [0.2, 0.25) is 0 Å². The number of nitrogens with one attached hydrogen (secondary N) is 2. The number of anilines is 1. The predicted molar refractivity (Wildman–Crippen MR) is 82.8 cm³/mol. The molecule has 6 nitrogen and oxygen atoms in total. The topological polar surface area (TPSA) is 92.9 Å². The third-order valence-corrected chi connectivity index (χ3v) is 3.86. The second-order valence-electron chi connectivity index (χ2n) is 4.36. The van der Waals surface area contributed by atoms with Crippen LogP contribution in [0.4, 0.5) is 5.82 Å². The summed E-state index contributed by atoms with van der Waals surface area (Å²) in [4.78, 5) is 21.5. The Hall–Kier alpha value is -2.51. The van der Waals surface area contributed by atoms with Crippen molar-refractivity contribution >= 4 is 33.8 Å². The number of benzene rings is 1. The fourth-order valence-corrected chi connectivity index (χ4v) is 2.61. The average Bonchev–Trinajstić information content (AvgIpc) is 3.05. The molecule has 0 atom stereocenters. The van der Waals surface area contributed by atoms with E-state index in [-0.39, 0.29) is 5.91 Å². The summed E-state index contributed by atoms with van der Waals surface area (Å²) in [5, 5.41) is 4.49. The number of nitrogens with zero attached hydrogens (tertiary/aromatic N) is 2. The highest BCUT2D eigenvalue weighted by atomic mass is 32.1.